The lowest BCUT2D eigenvalue weighted by molar-refractivity contribution is -0.117. The largest absolute Gasteiger partial charge is 0.394 e. The van der Waals surface area contributed by atoms with E-state index in [1.807, 2.05) is 30.3 Å². The molecule has 2 rings (SSSR count). The van der Waals surface area contributed by atoms with E-state index in [9.17, 15) is 15.2 Å². The fourth-order valence-electron chi connectivity index (χ4n) is 2.89. The van der Waals surface area contributed by atoms with Gasteiger partial charge in [-0.15, -0.1) is 0 Å². The lowest BCUT2D eigenvalue weighted by Crippen LogP contribution is -2.34. The number of aliphatic hydroxyl groups excluding tert-OH is 2. The molecule has 1 aliphatic heterocycles. The second-order valence-corrected chi connectivity index (χ2v) is 6.25. The lowest BCUT2D eigenvalue weighted by Gasteiger charge is -2.28. The molecule has 1 aromatic rings. The average molecular weight is 343 g/mol. The van der Waals surface area contributed by atoms with Crippen LogP contribution in [0.1, 0.15) is 31.7 Å². The number of anilines is 1. The molecule has 3 N–H and O–H groups in total. The standard InChI is InChI=1S/C19H25N3O3/c1-14(18(11-20)19(25)21-12-17(24)13-23)15-5-7-16(8-6-15)22-9-3-2-4-10-22/h5-8,17,23-24H,2-4,9-10,12-13H2,1H3,(H,21,25). The molecule has 1 unspecified atom stereocenters. The molecule has 1 aliphatic rings. The van der Waals surface area contributed by atoms with Crippen LogP contribution in [-0.4, -0.2) is 48.5 Å². The van der Waals surface area contributed by atoms with Gasteiger partial charge in [-0.25, -0.2) is 0 Å². The highest BCUT2D eigenvalue weighted by Gasteiger charge is 2.16. The number of amides is 1. The minimum absolute atomic E-state index is 0.0101. The summed E-state index contributed by atoms with van der Waals surface area (Å²) < 4.78 is 0. The number of allylic oxidation sites excluding steroid dienone is 1. The zero-order valence-corrected chi connectivity index (χ0v) is 14.5. The molecule has 0 radical (unpaired) electrons. The van der Waals surface area contributed by atoms with Crippen LogP contribution in [0.4, 0.5) is 5.69 Å². The van der Waals surface area contributed by atoms with Crippen LogP contribution in [0.5, 0.6) is 0 Å². The lowest BCUT2D eigenvalue weighted by atomic mass is 10.0. The Balaban J connectivity index is 2.12. The molecule has 6 heteroatoms. The molecule has 1 atom stereocenters. The van der Waals surface area contributed by atoms with E-state index in [2.05, 4.69) is 10.2 Å². The van der Waals surface area contributed by atoms with Gasteiger partial charge < -0.3 is 20.4 Å². The molecule has 0 aromatic heterocycles. The Bertz CT molecular complexity index is 655. The Labute approximate surface area is 148 Å². The summed E-state index contributed by atoms with van der Waals surface area (Å²) in [5.41, 5.74) is 2.57. The molecule has 1 fully saturated rings. The summed E-state index contributed by atoms with van der Waals surface area (Å²) >= 11 is 0. The van der Waals surface area contributed by atoms with Crippen molar-refractivity contribution in [3.63, 3.8) is 0 Å². The Morgan fingerprint density at radius 2 is 1.92 bits per heavy atom. The van der Waals surface area contributed by atoms with Gasteiger partial charge in [0.15, 0.2) is 0 Å². The van der Waals surface area contributed by atoms with Gasteiger partial charge in [-0.3, -0.25) is 4.79 Å². The van der Waals surface area contributed by atoms with Crippen LogP contribution in [0.25, 0.3) is 5.57 Å². The smallest absolute Gasteiger partial charge is 0.262 e. The van der Waals surface area contributed by atoms with Crippen molar-refractivity contribution in [3.8, 4) is 6.07 Å². The van der Waals surface area contributed by atoms with Crippen LogP contribution < -0.4 is 10.2 Å². The molecule has 0 saturated carbocycles. The number of carbonyl (C=O) groups is 1. The normalized spacial score (nSPS) is 16.6. The maximum atomic E-state index is 12.1. The Morgan fingerprint density at radius 1 is 1.28 bits per heavy atom. The number of hydrogen-bond acceptors (Lipinski definition) is 5. The highest BCUT2D eigenvalue weighted by molar-refractivity contribution is 6.04. The van der Waals surface area contributed by atoms with Crippen LogP contribution >= 0.6 is 0 Å². The monoisotopic (exact) mass is 343 g/mol. The Kier molecular flexibility index (Phi) is 6.99. The number of aliphatic hydroxyl groups is 2. The van der Waals surface area contributed by atoms with Gasteiger partial charge in [-0.1, -0.05) is 12.1 Å². The molecular formula is C19H25N3O3. The fraction of sp³-hybridized carbons (Fsp3) is 0.474. The summed E-state index contributed by atoms with van der Waals surface area (Å²) in [6.45, 7) is 3.32. The second kappa shape index (κ2) is 9.21. The first-order valence-corrected chi connectivity index (χ1v) is 8.60. The molecule has 6 nitrogen and oxygen atoms in total. The number of nitrogens with zero attached hydrogens (tertiary/aromatic N) is 2. The number of hydrogen-bond donors (Lipinski definition) is 3. The van der Waals surface area contributed by atoms with E-state index in [4.69, 9.17) is 5.11 Å². The third kappa shape index (κ3) is 5.05. The molecule has 134 valence electrons. The van der Waals surface area contributed by atoms with Gasteiger partial charge in [0.05, 0.1) is 12.7 Å². The molecular weight excluding hydrogens is 318 g/mol. The van der Waals surface area contributed by atoms with Gasteiger partial charge in [0, 0.05) is 25.3 Å². The van der Waals surface area contributed by atoms with Crippen LogP contribution in [0, 0.1) is 11.3 Å². The first-order chi connectivity index (χ1) is 12.1. The molecule has 0 aliphatic carbocycles. The molecule has 25 heavy (non-hydrogen) atoms. The molecule has 1 aromatic carbocycles. The SMILES string of the molecule is CC(=C(C#N)C(=O)NCC(O)CO)c1ccc(N2CCCCC2)cc1. The van der Waals surface area contributed by atoms with Crippen LogP contribution in [-0.2, 0) is 4.79 Å². The van der Waals surface area contributed by atoms with Gasteiger partial charge >= 0.3 is 0 Å². The van der Waals surface area contributed by atoms with Crippen LogP contribution in [0.3, 0.4) is 0 Å². The minimum Gasteiger partial charge on any atom is -0.394 e. The van der Waals surface area contributed by atoms with E-state index in [-0.39, 0.29) is 12.1 Å². The number of nitrogens with one attached hydrogen (secondary N) is 1. The maximum absolute atomic E-state index is 12.1. The molecule has 1 amide bonds. The summed E-state index contributed by atoms with van der Waals surface area (Å²) in [5.74, 6) is -0.549. The van der Waals surface area contributed by atoms with Crippen molar-refractivity contribution < 1.29 is 15.0 Å². The predicted molar refractivity (Wildman–Crippen MR) is 96.8 cm³/mol. The number of piperidine rings is 1. The van der Waals surface area contributed by atoms with Crippen molar-refractivity contribution in [2.45, 2.75) is 32.3 Å². The summed E-state index contributed by atoms with van der Waals surface area (Å²) in [6, 6.07) is 9.82. The number of carbonyl (C=O) groups excluding carboxylic acids is 1. The zero-order valence-electron chi connectivity index (χ0n) is 14.5. The quantitative estimate of drug-likeness (QED) is 0.536. The van der Waals surface area contributed by atoms with E-state index in [1.54, 1.807) is 6.92 Å². The number of benzene rings is 1. The highest BCUT2D eigenvalue weighted by Crippen LogP contribution is 2.24. The van der Waals surface area contributed by atoms with Gasteiger partial charge in [-0.2, -0.15) is 5.26 Å². The minimum atomic E-state index is -1.03. The Hall–Kier alpha value is -2.36. The van der Waals surface area contributed by atoms with E-state index in [0.717, 1.165) is 24.3 Å². The third-order valence-electron chi connectivity index (χ3n) is 4.44. The van der Waals surface area contributed by atoms with Crippen molar-refractivity contribution in [1.29, 1.82) is 5.26 Å². The highest BCUT2D eigenvalue weighted by atomic mass is 16.3. The summed E-state index contributed by atoms with van der Waals surface area (Å²) in [7, 11) is 0. The van der Waals surface area contributed by atoms with E-state index in [1.165, 1.54) is 19.3 Å². The van der Waals surface area contributed by atoms with Crippen molar-refractivity contribution in [1.82, 2.24) is 5.32 Å². The molecule has 1 heterocycles. The van der Waals surface area contributed by atoms with Crippen LogP contribution in [0.2, 0.25) is 0 Å². The molecule has 0 bridgehead atoms. The van der Waals surface area contributed by atoms with Crippen molar-refractivity contribution >= 4 is 17.2 Å². The van der Waals surface area contributed by atoms with Gasteiger partial charge in [0.1, 0.15) is 11.6 Å². The topological polar surface area (TPSA) is 96.6 Å². The number of rotatable bonds is 6. The summed E-state index contributed by atoms with van der Waals surface area (Å²) in [6.07, 6.45) is 2.66. The van der Waals surface area contributed by atoms with E-state index >= 15 is 0 Å². The molecule has 1 saturated heterocycles. The number of nitriles is 1. The summed E-state index contributed by atoms with van der Waals surface area (Å²) in [5, 5.41) is 29.9. The fourth-order valence-corrected chi connectivity index (χ4v) is 2.89. The summed E-state index contributed by atoms with van der Waals surface area (Å²) in [4.78, 5) is 14.5. The van der Waals surface area contributed by atoms with E-state index < -0.39 is 18.6 Å². The second-order valence-electron chi connectivity index (χ2n) is 6.25. The predicted octanol–water partition coefficient (Wildman–Crippen LogP) is 1.44. The third-order valence-corrected chi connectivity index (χ3v) is 4.44. The van der Waals surface area contributed by atoms with Gasteiger partial charge in [-0.05, 0) is 49.5 Å². The van der Waals surface area contributed by atoms with Gasteiger partial charge in [0.2, 0.25) is 0 Å². The maximum Gasteiger partial charge on any atom is 0.262 e. The first kappa shape index (κ1) is 19.0. The van der Waals surface area contributed by atoms with Gasteiger partial charge in [0.25, 0.3) is 5.91 Å². The zero-order chi connectivity index (χ0) is 18.2. The van der Waals surface area contributed by atoms with Crippen molar-refractivity contribution in [3.05, 3.63) is 35.4 Å². The van der Waals surface area contributed by atoms with Crippen molar-refractivity contribution in [2.24, 2.45) is 0 Å². The Morgan fingerprint density at radius 3 is 2.48 bits per heavy atom. The van der Waals surface area contributed by atoms with Crippen molar-refractivity contribution in [2.75, 3.05) is 31.1 Å². The average Bonchev–Trinajstić information content (AvgIpc) is 2.67. The van der Waals surface area contributed by atoms with Crippen LogP contribution in [0.15, 0.2) is 29.8 Å². The molecule has 0 spiro atoms. The van der Waals surface area contributed by atoms with E-state index in [0.29, 0.717) is 5.57 Å². The first-order valence-electron chi connectivity index (χ1n) is 8.60.